The zero-order valence-corrected chi connectivity index (χ0v) is 22.0. The van der Waals surface area contributed by atoms with Crippen LogP contribution in [0.15, 0.2) is 96.6 Å². The number of carbonyl (C=O) groups excluding carboxylic acids is 2. The number of carbonyl (C=O) groups is 2. The van der Waals surface area contributed by atoms with Crippen molar-refractivity contribution in [2.45, 2.75) is 33.4 Å². The van der Waals surface area contributed by atoms with Crippen LogP contribution in [0.2, 0.25) is 0 Å². The minimum absolute atomic E-state index is 0.0381. The summed E-state index contributed by atoms with van der Waals surface area (Å²) in [4.78, 5) is 28.2. The van der Waals surface area contributed by atoms with E-state index in [1.165, 1.54) is 11.0 Å². The van der Waals surface area contributed by atoms with Crippen LogP contribution in [-0.4, -0.2) is 21.9 Å². The second-order valence-corrected chi connectivity index (χ2v) is 9.83. The molecule has 6 heteroatoms. The number of Topliss-reactive ketones (excluding diaryl/α,β-unsaturated/α-hetero) is 1. The Morgan fingerprint density at radius 1 is 0.846 bits per heavy atom. The van der Waals surface area contributed by atoms with Gasteiger partial charge in [-0.05, 0) is 73.4 Å². The molecule has 1 aliphatic rings. The first-order chi connectivity index (χ1) is 18.7. The van der Waals surface area contributed by atoms with Gasteiger partial charge in [-0.25, -0.2) is 0 Å². The average molecular weight is 520 g/mol. The fourth-order valence-corrected chi connectivity index (χ4v) is 4.91. The molecular weight excluding hydrogens is 490 g/mol. The fourth-order valence-electron chi connectivity index (χ4n) is 4.91. The van der Waals surface area contributed by atoms with E-state index in [9.17, 15) is 19.8 Å². The van der Waals surface area contributed by atoms with Crippen LogP contribution in [0.5, 0.6) is 11.5 Å². The van der Waals surface area contributed by atoms with E-state index in [2.05, 4.69) is 0 Å². The van der Waals surface area contributed by atoms with E-state index < -0.39 is 17.7 Å². The number of hydrogen-bond acceptors (Lipinski definition) is 5. The van der Waals surface area contributed by atoms with E-state index in [1.54, 1.807) is 30.3 Å². The van der Waals surface area contributed by atoms with Gasteiger partial charge in [0.15, 0.2) is 0 Å². The summed E-state index contributed by atoms with van der Waals surface area (Å²) in [6.45, 7) is 6.01. The van der Waals surface area contributed by atoms with Crippen molar-refractivity contribution in [1.82, 2.24) is 0 Å². The summed E-state index contributed by atoms with van der Waals surface area (Å²) in [5.41, 5.74) is 4.76. The Morgan fingerprint density at radius 2 is 1.59 bits per heavy atom. The number of aromatic hydroxyl groups is 1. The van der Waals surface area contributed by atoms with Crippen LogP contribution < -0.4 is 9.64 Å². The molecule has 39 heavy (non-hydrogen) atoms. The molecule has 1 heterocycles. The van der Waals surface area contributed by atoms with Gasteiger partial charge in [-0.1, -0.05) is 66.2 Å². The predicted molar refractivity (Wildman–Crippen MR) is 151 cm³/mol. The van der Waals surface area contributed by atoms with Gasteiger partial charge in [-0.2, -0.15) is 0 Å². The van der Waals surface area contributed by atoms with Gasteiger partial charge in [0.1, 0.15) is 23.9 Å². The molecule has 6 nitrogen and oxygen atoms in total. The molecule has 4 aromatic rings. The summed E-state index contributed by atoms with van der Waals surface area (Å²) in [6.07, 6.45) is 0. The van der Waals surface area contributed by atoms with E-state index in [-0.39, 0.29) is 22.8 Å². The Labute approximate surface area is 227 Å². The second-order valence-electron chi connectivity index (χ2n) is 9.83. The predicted octanol–water partition coefficient (Wildman–Crippen LogP) is 6.52. The van der Waals surface area contributed by atoms with Crippen molar-refractivity contribution in [3.05, 3.63) is 130 Å². The maximum Gasteiger partial charge on any atom is 0.300 e. The quantitative estimate of drug-likeness (QED) is 0.172. The van der Waals surface area contributed by atoms with Gasteiger partial charge >= 0.3 is 0 Å². The minimum Gasteiger partial charge on any atom is -0.507 e. The number of rotatable bonds is 6. The smallest absolute Gasteiger partial charge is 0.300 e. The van der Waals surface area contributed by atoms with Gasteiger partial charge in [-0.3, -0.25) is 14.5 Å². The fraction of sp³-hybridized carbons (Fsp3) is 0.152. The van der Waals surface area contributed by atoms with Crippen molar-refractivity contribution in [3.63, 3.8) is 0 Å². The Kier molecular flexibility index (Phi) is 6.94. The molecule has 1 atom stereocenters. The Morgan fingerprint density at radius 3 is 2.31 bits per heavy atom. The van der Waals surface area contributed by atoms with Gasteiger partial charge in [0.05, 0.1) is 17.3 Å². The Hall–Kier alpha value is -4.84. The number of amides is 1. The molecular formula is C33H29NO5. The van der Waals surface area contributed by atoms with Crippen LogP contribution in [0.25, 0.3) is 5.76 Å². The normalized spacial score (nSPS) is 16.5. The van der Waals surface area contributed by atoms with E-state index in [0.717, 1.165) is 22.3 Å². The van der Waals surface area contributed by atoms with Crippen molar-refractivity contribution in [2.75, 3.05) is 4.90 Å². The number of aliphatic hydroxyl groups is 1. The third-order valence-corrected chi connectivity index (χ3v) is 6.88. The average Bonchev–Trinajstić information content (AvgIpc) is 3.19. The molecule has 4 aromatic carbocycles. The van der Waals surface area contributed by atoms with Crippen LogP contribution >= 0.6 is 0 Å². The highest BCUT2D eigenvalue weighted by Gasteiger charge is 2.47. The molecule has 0 saturated carbocycles. The number of phenols is 1. The molecule has 1 fully saturated rings. The number of ketones is 1. The van der Waals surface area contributed by atoms with Crippen molar-refractivity contribution in [2.24, 2.45) is 0 Å². The van der Waals surface area contributed by atoms with Crippen molar-refractivity contribution < 1.29 is 24.5 Å². The summed E-state index contributed by atoms with van der Waals surface area (Å²) in [6, 6.07) is 26.3. The lowest BCUT2D eigenvalue weighted by Gasteiger charge is -2.26. The second kappa shape index (κ2) is 10.5. The highest BCUT2D eigenvalue weighted by atomic mass is 16.5. The molecule has 1 saturated heterocycles. The molecule has 0 spiro atoms. The molecule has 5 rings (SSSR count). The highest BCUT2D eigenvalue weighted by molar-refractivity contribution is 6.52. The first kappa shape index (κ1) is 25.8. The van der Waals surface area contributed by atoms with Gasteiger partial charge in [0.25, 0.3) is 11.7 Å². The summed E-state index contributed by atoms with van der Waals surface area (Å²) >= 11 is 0. The highest BCUT2D eigenvalue weighted by Crippen LogP contribution is 2.45. The van der Waals surface area contributed by atoms with Gasteiger partial charge in [0, 0.05) is 5.56 Å². The minimum atomic E-state index is -0.924. The van der Waals surface area contributed by atoms with Gasteiger partial charge in [-0.15, -0.1) is 0 Å². The zero-order chi connectivity index (χ0) is 27.7. The number of ether oxygens (including phenoxy) is 1. The van der Waals surface area contributed by atoms with Crippen molar-refractivity contribution in [3.8, 4) is 11.5 Å². The topological polar surface area (TPSA) is 87.1 Å². The van der Waals surface area contributed by atoms with Gasteiger partial charge in [0.2, 0.25) is 0 Å². The van der Waals surface area contributed by atoms with Crippen molar-refractivity contribution in [1.29, 1.82) is 0 Å². The van der Waals surface area contributed by atoms with Crippen molar-refractivity contribution >= 4 is 23.1 Å². The molecule has 0 aliphatic carbocycles. The van der Waals surface area contributed by atoms with Crippen LogP contribution in [0.4, 0.5) is 5.69 Å². The monoisotopic (exact) mass is 519 g/mol. The van der Waals surface area contributed by atoms with Crippen LogP contribution in [0, 0.1) is 20.8 Å². The molecule has 1 aliphatic heterocycles. The number of aliphatic hydroxyl groups excluding tert-OH is 1. The first-order valence-corrected chi connectivity index (χ1v) is 12.7. The molecule has 196 valence electrons. The molecule has 0 bridgehead atoms. The lowest BCUT2D eigenvalue weighted by Crippen LogP contribution is -2.29. The number of benzene rings is 4. The Bertz CT molecular complexity index is 1610. The van der Waals surface area contributed by atoms with E-state index in [0.29, 0.717) is 23.5 Å². The molecule has 2 N–H and O–H groups in total. The van der Waals surface area contributed by atoms with Crippen LogP contribution in [0.1, 0.15) is 39.4 Å². The molecule has 0 aromatic heterocycles. The standard InChI is InChI=1S/C33H29NO5/c1-20-8-7-11-24(16-20)30-29(32(37)33(38)34(30)26-17-21(2)12-14-27(26)35)31(36)25-13-15-28(22(3)18-25)39-19-23-9-5-4-6-10-23/h4-18,30,35-36H,19H2,1-3H3/b31-29-. The van der Waals surface area contributed by atoms with E-state index in [4.69, 9.17) is 4.74 Å². The number of aryl methyl sites for hydroxylation is 3. The largest absolute Gasteiger partial charge is 0.507 e. The lowest BCUT2D eigenvalue weighted by molar-refractivity contribution is -0.132. The summed E-state index contributed by atoms with van der Waals surface area (Å²) in [7, 11) is 0. The molecule has 1 amide bonds. The third-order valence-electron chi connectivity index (χ3n) is 6.88. The zero-order valence-electron chi connectivity index (χ0n) is 22.0. The number of anilines is 1. The molecule has 1 unspecified atom stereocenters. The lowest BCUT2D eigenvalue weighted by atomic mass is 9.93. The van der Waals surface area contributed by atoms with E-state index >= 15 is 0 Å². The number of phenolic OH excluding ortho intramolecular Hbond substituents is 1. The summed E-state index contributed by atoms with van der Waals surface area (Å²) in [5, 5.41) is 22.2. The Balaban J connectivity index is 1.59. The summed E-state index contributed by atoms with van der Waals surface area (Å²) in [5.74, 6) is -1.40. The van der Waals surface area contributed by atoms with E-state index in [1.807, 2.05) is 75.4 Å². The van der Waals surface area contributed by atoms with Crippen LogP contribution in [-0.2, 0) is 16.2 Å². The number of hydrogen-bond donors (Lipinski definition) is 2. The summed E-state index contributed by atoms with van der Waals surface area (Å²) < 4.78 is 5.97. The van der Waals surface area contributed by atoms with Gasteiger partial charge < -0.3 is 14.9 Å². The molecule has 0 radical (unpaired) electrons. The van der Waals surface area contributed by atoms with Crippen LogP contribution in [0.3, 0.4) is 0 Å². The maximum atomic E-state index is 13.5. The third kappa shape index (κ3) is 5.01. The first-order valence-electron chi connectivity index (χ1n) is 12.7. The number of nitrogens with zero attached hydrogens (tertiary/aromatic N) is 1. The maximum absolute atomic E-state index is 13.5. The SMILES string of the molecule is Cc1cccc(C2/C(=C(/O)c3ccc(OCc4ccccc4)c(C)c3)C(=O)C(=O)N2c2cc(C)ccc2O)c1.